The van der Waals surface area contributed by atoms with E-state index in [1.807, 2.05) is 92.0 Å². The van der Waals surface area contributed by atoms with Crippen LogP contribution in [0.1, 0.15) is 158 Å². The Kier molecular flexibility index (Phi) is 32.7. The number of hydrogen-bond acceptors (Lipinski definition) is 15. The number of unbranched alkanes of at least 4 members (excludes halogenated alkanes) is 2. The highest BCUT2D eigenvalue weighted by atomic mass is 32.2. The second kappa shape index (κ2) is 36.6. The number of methoxy groups -OCH3 is 2. The molecule has 0 saturated carbocycles. The first-order valence-corrected chi connectivity index (χ1v) is 30.5. The van der Waals surface area contributed by atoms with Crippen LogP contribution in [-0.2, 0) is 54.4 Å². The van der Waals surface area contributed by atoms with Gasteiger partial charge in [0.25, 0.3) is 0 Å². The predicted octanol–water partition coefficient (Wildman–Crippen LogP) is 10.1. The number of nitrogens with zero attached hydrogens (tertiary/aromatic N) is 4. The number of Topliss-reactive ketones (excluding diaryl/α,β-unsaturated/α-hetero) is 4. The number of hydrogen-bond donors (Lipinski definition) is 2. The minimum Gasteiger partial charge on any atom is -0.445 e. The highest BCUT2D eigenvalue weighted by Gasteiger charge is 2.41. The molecule has 1 unspecified atom stereocenters. The summed E-state index contributed by atoms with van der Waals surface area (Å²) in [6.07, 6.45) is 6.25. The number of likely N-dealkylation sites (N-methyl/N-ethyl adjacent to an activating group) is 3. The molecule has 2 aliphatic heterocycles. The minimum atomic E-state index is -0.818. The first-order valence-electron chi connectivity index (χ1n) is 29.2. The Hall–Kier alpha value is -5.01. The number of aliphatic hydroxyl groups excluding tert-OH is 1. The normalized spacial score (nSPS) is 18.7. The summed E-state index contributed by atoms with van der Waals surface area (Å²) in [5, 5.41) is 13.3. The van der Waals surface area contributed by atoms with Gasteiger partial charge in [-0.1, -0.05) is 118 Å². The lowest BCUT2D eigenvalue weighted by atomic mass is 9.83. The van der Waals surface area contributed by atoms with E-state index in [9.17, 15) is 43.5 Å². The van der Waals surface area contributed by atoms with Crippen molar-refractivity contribution >= 4 is 64.4 Å². The van der Waals surface area contributed by atoms with E-state index in [-0.39, 0.29) is 128 Å². The lowest BCUT2D eigenvalue weighted by molar-refractivity contribution is -0.146. The average Bonchev–Trinajstić information content (AvgIpc) is 4.13. The quantitative estimate of drug-likeness (QED) is 0.0493. The predicted molar refractivity (Wildman–Crippen MR) is 326 cm³/mol. The van der Waals surface area contributed by atoms with Crippen molar-refractivity contribution in [2.75, 3.05) is 66.6 Å². The van der Waals surface area contributed by atoms with Crippen LogP contribution in [0.15, 0.2) is 54.6 Å². The van der Waals surface area contributed by atoms with Gasteiger partial charge < -0.3 is 39.3 Å². The summed E-state index contributed by atoms with van der Waals surface area (Å²) in [7, 11) is 8.60. The van der Waals surface area contributed by atoms with Crippen LogP contribution in [0.3, 0.4) is 0 Å². The summed E-state index contributed by atoms with van der Waals surface area (Å²) in [6, 6.07) is 15.9. The van der Waals surface area contributed by atoms with Crippen molar-refractivity contribution in [2.45, 2.75) is 189 Å². The lowest BCUT2D eigenvalue weighted by Crippen LogP contribution is -2.53. The summed E-state index contributed by atoms with van der Waals surface area (Å²) in [5.74, 6) is -1.75. The van der Waals surface area contributed by atoms with E-state index < -0.39 is 30.3 Å². The number of aliphatic hydroxyl groups is 1. The Morgan fingerprint density at radius 1 is 0.817 bits per heavy atom. The number of carbonyl (C=O) groups excluding carboxylic acids is 8. The van der Waals surface area contributed by atoms with Gasteiger partial charge in [0.2, 0.25) is 17.7 Å². The Morgan fingerprint density at radius 3 is 1.99 bits per heavy atom. The van der Waals surface area contributed by atoms with E-state index in [1.54, 1.807) is 50.4 Å². The lowest BCUT2D eigenvalue weighted by Gasteiger charge is -2.40. The molecule has 11 atom stereocenters. The van der Waals surface area contributed by atoms with Gasteiger partial charge in [-0.3, -0.25) is 38.5 Å². The minimum absolute atomic E-state index is 0. The zero-order chi connectivity index (χ0) is 60.7. The summed E-state index contributed by atoms with van der Waals surface area (Å²) in [5.41, 5.74) is 2.33. The Labute approximate surface area is 496 Å². The standard InChI is InChI=1S/C43H68N4O9S.C20H31NO3.CH4/c1-12-29(6)40(36(55-10)22-30(7)48)45(8)41(52)34(27(2)3)23-35(50)39(28(4)5)46(9)43(54)56-26-31-17-19-32(20-18-31)44-25-33(49)16-14-13-15-21-47-38(51)24-37(57-11)42(47)53;1-14(19(23)16-9-6-5-7-10-16)13-18(22)15(2)20(24-4)17-11-8-12-21(17)3;/h17-20,27-29,34,36-37,39-40,44H,12-16,21-26H2,1-11H3;5-7,9-10,14-15,17,19-20,23H,8,11-13H2,1-4H3;1H4/t29-,34-,36+,37?,39-,40-;14-,15-,17-,19+,20+;/m00./s1. The number of nitrogens with one attached hydrogen (secondary N) is 1. The first-order chi connectivity index (χ1) is 38.3. The zero-order valence-electron chi connectivity index (χ0n) is 51.4. The molecule has 0 radical (unpaired) electrons. The van der Waals surface area contributed by atoms with Gasteiger partial charge in [-0.25, -0.2) is 4.79 Å². The van der Waals surface area contributed by atoms with Crippen molar-refractivity contribution in [1.82, 2.24) is 19.6 Å². The van der Waals surface area contributed by atoms with Gasteiger partial charge in [0.05, 0.1) is 42.2 Å². The molecule has 0 bridgehead atoms. The van der Waals surface area contributed by atoms with E-state index in [0.29, 0.717) is 38.3 Å². The number of benzene rings is 2. The average molecular weight is 1170 g/mol. The summed E-state index contributed by atoms with van der Waals surface area (Å²) >= 11 is 1.40. The molecule has 2 aromatic rings. The number of amides is 4. The summed E-state index contributed by atoms with van der Waals surface area (Å²) in [6.45, 7) is 18.6. The van der Waals surface area contributed by atoms with Crippen LogP contribution in [0.4, 0.5) is 10.5 Å². The molecule has 2 saturated heterocycles. The molecule has 462 valence electrons. The van der Waals surface area contributed by atoms with Crippen LogP contribution in [0, 0.1) is 35.5 Å². The molecule has 2 fully saturated rings. The Bertz CT molecular complexity index is 2320. The maximum Gasteiger partial charge on any atom is 0.410 e. The van der Waals surface area contributed by atoms with E-state index in [2.05, 4.69) is 17.3 Å². The molecule has 0 spiro atoms. The van der Waals surface area contributed by atoms with Gasteiger partial charge in [-0.2, -0.15) is 11.8 Å². The van der Waals surface area contributed by atoms with Gasteiger partial charge in [0.15, 0.2) is 11.6 Å². The smallest absolute Gasteiger partial charge is 0.410 e. The van der Waals surface area contributed by atoms with Crippen molar-refractivity contribution in [3.8, 4) is 0 Å². The highest BCUT2D eigenvalue weighted by molar-refractivity contribution is 8.00. The molecule has 0 aromatic heterocycles. The largest absolute Gasteiger partial charge is 0.445 e. The molecule has 0 aliphatic carbocycles. The summed E-state index contributed by atoms with van der Waals surface area (Å²) in [4.78, 5) is 109. The fourth-order valence-corrected chi connectivity index (χ4v) is 11.9. The molecule has 2 aromatic carbocycles. The third-order valence-corrected chi connectivity index (χ3v) is 17.4. The van der Waals surface area contributed by atoms with Gasteiger partial charge >= 0.3 is 6.09 Å². The number of rotatable bonds is 34. The molecule has 2 aliphatic rings. The van der Waals surface area contributed by atoms with E-state index in [4.69, 9.17) is 14.2 Å². The van der Waals surface area contributed by atoms with Crippen LogP contribution in [0.5, 0.6) is 0 Å². The van der Waals surface area contributed by atoms with E-state index in [1.165, 1.54) is 35.5 Å². The topological polar surface area (TPSA) is 209 Å². The van der Waals surface area contributed by atoms with Crippen LogP contribution in [-0.4, -0.2) is 168 Å². The van der Waals surface area contributed by atoms with Gasteiger partial charge in [0.1, 0.15) is 18.2 Å². The molecule has 2 N–H and O–H groups in total. The van der Waals surface area contributed by atoms with Crippen molar-refractivity contribution in [3.05, 3.63) is 65.7 Å². The molecule has 82 heavy (non-hydrogen) atoms. The fraction of sp³-hybridized carbons (Fsp3) is 0.688. The maximum absolute atomic E-state index is 14.1. The van der Waals surface area contributed by atoms with Crippen LogP contribution >= 0.6 is 11.8 Å². The number of anilines is 1. The number of carbonyl (C=O) groups is 8. The molecular formula is C64H103N5O12S. The summed E-state index contributed by atoms with van der Waals surface area (Å²) < 4.78 is 17.0. The first kappa shape index (κ1) is 73.1. The van der Waals surface area contributed by atoms with E-state index in [0.717, 1.165) is 49.0 Å². The van der Waals surface area contributed by atoms with Crippen molar-refractivity contribution < 1.29 is 57.7 Å². The third-order valence-electron chi connectivity index (χ3n) is 16.5. The van der Waals surface area contributed by atoms with Crippen LogP contribution in [0.25, 0.3) is 0 Å². The highest BCUT2D eigenvalue weighted by Crippen LogP contribution is 2.31. The second-order valence-corrected chi connectivity index (χ2v) is 24.3. The molecule has 4 amide bonds. The monoisotopic (exact) mass is 1170 g/mol. The van der Waals surface area contributed by atoms with Crippen LogP contribution in [0.2, 0.25) is 0 Å². The van der Waals surface area contributed by atoms with Gasteiger partial charge in [0, 0.05) is 90.5 Å². The van der Waals surface area contributed by atoms with E-state index >= 15 is 0 Å². The third kappa shape index (κ3) is 21.9. The van der Waals surface area contributed by atoms with Gasteiger partial charge in [-0.05, 0) is 99.4 Å². The van der Waals surface area contributed by atoms with Gasteiger partial charge in [-0.15, -0.1) is 0 Å². The number of ether oxygens (including phenoxy) is 3. The molecule has 2 heterocycles. The molecule has 17 nitrogen and oxygen atoms in total. The fourth-order valence-electron chi connectivity index (χ4n) is 11.3. The number of thioether (sulfide) groups is 1. The Morgan fingerprint density at radius 2 is 1.46 bits per heavy atom. The molecule has 18 heteroatoms. The number of ketones is 4. The van der Waals surface area contributed by atoms with Crippen molar-refractivity contribution in [3.63, 3.8) is 0 Å². The van der Waals surface area contributed by atoms with Crippen LogP contribution < -0.4 is 5.32 Å². The maximum atomic E-state index is 14.1. The number of likely N-dealkylation sites (tertiary alicyclic amines) is 2. The molecular weight excluding hydrogens is 1060 g/mol. The zero-order valence-corrected chi connectivity index (χ0v) is 52.3. The number of imide groups is 1. The SMILES string of the molecule is C.CC[C@H](C)[C@@H]([C@@H](CC(C)=O)OC)N(C)C(=O)[C@@H](CC(=O)[C@H](C(C)C)N(C)C(=O)OCc1ccc(NCC(=O)CCCCCN2C(=O)CC(SC)C2=O)cc1)C(C)C.CO[C@H]([C@@H](C)C(=O)C[C@H](C)[C@@H](O)c1ccccc1)[C@@H]1CCCN1C. The Balaban J connectivity index is 0.000000761. The molecule has 4 rings (SSSR count). The second-order valence-electron chi connectivity index (χ2n) is 23.3. The van der Waals surface area contributed by atoms with Crippen molar-refractivity contribution in [2.24, 2.45) is 35.5 Å². The van der Waals surface area contributed by atoms with Crippen molar-refractivity contribution in [1.29, 1.82) is 0 Å².